The Kier molecular flexibility index (Phi) is 3.32. The van der Waals surface area contributed by atoms with Crippen molar-refractivity contribution in [3.8, 4) is 0 Å². The lowest BCUT2D eigenvalue weighted by molar-refractivity contribution is -0.159. The van der Waals surface area contributed by atoms with Gasteiger partial charge in [0.05, 0.1) is 6.61 Å². The molecule has 0 spiro atoms. The summed E-state index contributed by atoms with van der Waals surface area (Å²) in [5, 5.41) is 29.6. The molecule has 2 heterocycles. The molecule has 10 heteroatoms. The van der Waals surface area contributed by atoms with Crippen molar-refractivity contribution in [1.29, 1.82) is 0 Å². The minimum atomic E-state index is -1.70. The Morgan fingerprint density at radius 1 is 1.16 bits per heavy atom. The van der Waals surface area contributed by atoms with Gasteiger partial charge in [-0.15, -0.1) is 0 Å². The lowest BCUT2D eigenvalue weighted by atomic mass is 10.1. The number of imide groups is 2. The summed E-state index contributed by atoms with van der Waals surface area (Å²) in [4.78, 5) is 45.3. The van der Waals surface area contributed by atoms with Crippen molar-refractivity contribution in [1.82, 2.24) is 10.2 Å². The van der Waals surface area contributed by atoms with E-state index in [0.29, 0.717) is 0 Å². The molecular formula is C9H10N2O8. The molecule has 0 radical (unpaired) electrons. The molecule has 0 aliphatic carbocycles. The van der Waals surface area contributed by atoms with Gasteiger partial charge in [-0.25, -0.2) is 9.69 Å². The first-order valence-corrected chi connectivity index (χ1v) is 5.23. The largest absolute Gasteiger partial charge is 0.394 e. The van der Waals surface area contributed by atoms with E-state index >= 15 is 0 Å². The number of carbonyl (C=O) groups excluding carboxylic acids is 4. The number of Topliss-reactive ketones (excluding diaryl/α,β-unsaturated/α-hetero) is 1. The Labute approximate surface area is 105 Å². The van der Waals surface area contributed by atoms with Gasteiger partial charge in [-0.3, -0.25) is 19.7 Å². The van der Waals surface area contributed by atoms with Gasteiger partial charge in [-0.1, -0.05) is 0 Å². The van der Waals surface area contributed by atoms with Crippen LogP contribution in [0.2, 0.25) is 0 Å². The van der Waals surface area contributed by atoms with Crippen LogP contribution in [0.5, 0.6) is 0 Å². The summed E-state index contributed by atoms with van der Waals surface area (Å²) in [6.07, 6.45) is -6.11. The maximum absolute atomic E-state index is 11.5. The lowest BCUT2D eigenvalue weighted by Gasteiger charge is -2.29. The molecule has 4 atom stereocenters. The zero-order valence-corrected chi connectivity index (χ0v) is 9.35. The Bertz CT molecular complexity index is 463. The maximum Gasteiger partial charge on any atom is 0.333 e. The third-order valence-corrected chi connectivity index (χ3v) is 2.83. The van der Waals surface area contributed by atoms with Crippen molar-refractivity contribution in [2.75, 3.05) is 6.61 Å². The van der Waals surface area contributed by atoms with Gasteiger partial charge >= 0.3 is 23.6 Å². The van der Waals surface area contributed by atoms with E-state index in [9.17, 15) is 29.4 Å². The molecule has 0 aromatic rings. The van der Waals surface area contributed by atoms with Crippen molar-refractivity contribution < 1.29 is 39.2 Å². The number of nitrogens with one attached hydrogen (secondary N) is 1. The minimum absolute atomic E-state index is 0.202. The van der Waals surface area contributed by atoms with Gasteiger partial charge in [0, 0.05) is 0 Å². The van der Waals surface area contributed by atoms with Crippen LogP contribution in [-0.4, -0.2) is 75.0 Å². The van der Waals surface area contributed by atoms with E-state index in [4.69, 9.17) is 9.84 Å². The quantitative estimate of drug-likeness (QED) is 0.372. The van der Waals surface area contributed by atoms with Crippen LogP contribution in [0, 0.1) is 0 Å². The fraction of sp³-hybridized carbons (Fsp3) is 0.556. The van der Waals surface area contributed by atoms with Gasteiger partial charge in [0.1, 0.15) is 18.3 Å². The predicted molar refractivity (Wildman–Crippen MR) is 53.2 cm³/mol. The van der Waals surface area contributed by atoms with Crippen LogP contribution in [0.3, 0.4) is 0 Å². The third kappa shape index (κ3) is 2.00. The number of ether oxygens (including phenoxy) is 1. The van der Waals surface area contributed by atoms with Crippen LogP contribution in [0.15, 0.2) is 0 Å². The molecule has 4 amide bonds. The molecule has 0 saturated carbocycles. The Morgan fingerprint density at radius 2 is 1.79 bits per heavy atom. The maximum atomic E-state index is 11.5. The fourth-order valence-electron chi connectivity index (χ4n) is 1.84. The van der Waals surface area contributed by atoms with Crippen molar-refractivity contribution in [3.63, 3.8) is 0 Å². The van der Waals surface area contributed by atoms with Crippen LogP contribution in [0.1, 0.15) is 0 Å². The number of hydrogen-bond donors (Lipinski definition) is 4. The number of carbonyl (C=O) groups is 4. The first kappa shape index (κ1) is 13.5. The summed E-state index contributed by atoms with van der Waals surface area (Å²) < 4.78 is 4.93. The summed E-state index contributed by atoms with van der Waals surface area (Å²) >= 11 is 0. The normalized spacial score (nSPS) is 35.8. The second kappa shape index (κ2) is 4.66. The lowest BCUT2D eigenvalue weighted by Crippen LogP contribution is -2.63. The van der Waals surface area contributed by atoms with Crippen molar-refractivity contribution >= 4 is 23.6 Å². The second-order valence-electron chi connectivity index (χ2n) is 3.99. The summed E-state index contributed by atoms with van der Waals surface area (Å²) in [6.45, 7) is -0.661. The fourth-order valence-corrected chi connectivity index (χ4v) is 1.84. The molecule has 19 heavy (non-hydrogen) atoms. The first-order valence-electron chi connectivity index (χ1n) is 5.23. The molecule has 2 saturated heterocycles. The first-order chi connectivity index (χ1) is 8.88. The topological polar surface area (TPSA) is 153 Å². The molecule has 0 aromatic carbocycles. The Morgan fingerprint density at radius 3 is 2.32 bits per heavy atom. The Balaban J connectivity index is 2.26. The molecule has 4 N–H and O–H groups in total. The second-order valence-corrected chi connectivity index (χ2v) is 3.99. The number of aliphatic hydroxyl groups is 3. The summed E-state index contributed by atoms with van der Waals surface area (Å²) in [5.74, 6) is -4.33. The average molecular weight is 274 g/mol. The van der Waals surface area contributed by atoms with Crippen LogP contribution >= 0.6 is 0 Å². The molecule has 2 fully saturated rings. The predicted octanol–water partition coefficient (Wildman–Crippen LogP) is -3.93. The highest BCUT2D eigenvalue weighted by Gasteiger charge is 2.52. The van der Waals surface area contributed by atoms with Gasteiger partial charge in [0.15, 0.2) is 6.23 Å². The summed E-state index contributed by atoms with van der Waals surface area (Å²) in [5.41, 5.74) is 0. The average Bonchev–Trinajstić information content (AvgIpc) is 2.64. The van der Waals surface area contributed by atoms with Crippen molar-refractivity contribution in [2.45, 2.75) is 24.5 Å². The minimum Gasteiger partial charge on any atom is -0.394 e. The molecule has 0 bridgehead atoms. The van der Waals surface area contributed by atoms with Crippen LogP contribution < -0.4 is 5.32 Å². The standard InChI is InChI=1S/C9H10N2O8/c12-1-2-3(13)4(14)8(19-2)11-7(17)5(15)6(16)10-9(11)18/h2-4,8,12-14H,1H2,(H,10,16,18)/t2-,3-,4-,8?/m1/s1. The molecule has 104 valence electrons. The van der Waals surface area contributed by atoms with Gasteiger partial charge < -0.3 is 20.1 Å². The zero-order valence-electron chi connectivity index (χ0n) is 9.35. The van der Waals surface area contributed by atoms with E-state index < -0.39 is 54.8 Å². The van der Waals surface area contributed by atoms with Gasteiger partial charge in [-0.2, -0.15) is 0 Å². The highest BCUT2D eigenvalue weighted by molar-refractivity contribution is 6.66. The molecule has 2 rings (SSSR count). The van der Waals surface area contributed by atoms with Crippen LogP contribution in [0.25, 0.3) is 0 Å². The van der Waals surface area contributed by atoms with Gasteiger partial charge in [0.25, 0.3) is 0 Å². The molecule has 10 nitrogen and oxygen atoms in total. The summed E-state index contributed by atoms with van der Waals surface area (Å²) in [6, 6.07) is -1.25. The van der Waals surface area contributed by atoms with Crippen LogP contribution in [-0.2, 0) is 19.1 Å². The van der Waals surface area contributed by atoms with E-state index in [1.165, 1.54) is 0 Å². The number of urea groups is 1. The number of rotatable bonds is 2. The van der Waals surface area contributed by atoms with E-state index in [2.05, 4.69) is 0 Å². The number of barbiturate groups is 1. The summed E-state index contributed by atoms with van der Waals surface area (Å²) in [7, 11) is 0. The van der Waals surface area contributed by atoms with Crippen molar-refractivity contribution in [2.24, 2.45) is 0 Å². The number of amides is 4. The van der Waals surface area contributed by atoms with Crippen molar-refractivity contribution in [3.05, 3.63) is 0 Å². The van der Waals surface area contributed by atoms with E-state index in [1.807, 2.05) is 0 Å². The van der Waals surface area contributed by atoms with Crippen LogP contribution in [0.4, 0.5) is 4.79 Å². The number of hydrogen-bond acceptors (Lipinski definition) is 8. The molecule has 1 unspecified atom stereocenters. The smallest absolute Gasteiger partial charge is 0.333 e. The zero-order chi connectivity index (χ0) is 14.3. The number of ketones is 1. The SMILES string of the molecule is O=C1NC(=O)N(C2O[C@H](CO)[C@@H](O)[C@H]2O)C(=O)C1=O. The molecule has 2 aliphatic rings. The monoisotopic (exact) mass is 274 g/mol. The van der Waals surface area contributed by atoms with E-state index in [0.717, 1.165) is 0 Å². The van der Waals surface area contributed by atoms with Gasteiger partial charge in [0.2, 0.25) is 0 Å². The highest BCUT2D eigenvalue weighted by Crippen LogP contribution is 2.25. The number of nitrogens with zero attached hydrogens (tertiary/aromatic N) is 1. The van der Waals surface area contributed by atoms with Gasteiger partial charge in [-0.05, 0) is 0 Å². The van der Waals surface area contributed by atoms with E-state index in [-0.39, 0.29) is 4.90 Å². The number of aliphatic hydroxyl groups excluding tert-OH is 3. The third-order valence-electron chi connectivity index (χ3n) is 2.83. The molecular weight excluding hydrogens is 264 g/mol. The molecule has 0 aromatic heterocycles. The van der Waals surface area contributed by atoms with E-state index in [1.54, 1.807) is 5.32 Å². The molecule has 2 aliphatic heterocycles. The highest BCUT2D eigenvalue weighted by atomic mass is 16.6. The Hall–Kier alpha value is -1.88.